The van der Waals surface area contributed by atoms with Crippen LogP contribution in [0.25, 0.3) is 0 Å². The van der Waals surface area contributed by atoms with Gasteiger partial charge < -0.3 is 15.7 Å². The normalized spacial score (nSPS) is 26.1. The van der Waals surface area contributed by atoms with Crippen molar-refractivity contribution in [1.82, 2.24) is 10.6 Å². The summed E-state index contributed by atoms with van der Waals surface area (Å²) in [5.74, 6) is 0.474. The number of halogens is 1. The Morgan fingerprint density at radius 2 is 1.83 bits per heavy atom. The third kappa shape index (κ3) is 4.64. The smallest absolute Gasteiger partial charge is 0.315 e. The first kappa shape index (κ1) is 17.6. The molecule has 2 saturated carbocycles. The second kappa shape index (κ2) is 8.21. The fourth-order valence-electron chi connectivity index (χ4n) is 4.05. The number of rotatable bonds is 4. The quantitative estimate of drug-likeness (QED) is 0.763. The molecule has 4 nitrogen and oxygen atoms in total. The summed E-state index contributed by atoms with van der Waals surface area (Å²) in [6, 6.07) is 7.89. The summed E-state index contributed by atoms with van der Waals surface area (Å²) in [5.41, 5.74) is 1.09. The summed E-state index contributed by atoms with van der Waals surface area (Å²) in [7, 11) is 0. The van der Waals surface area contributed by atoms with Gasteiger partial charge in [-0.25, -0.2) is 4.79 Å². The molecule has 24 heavy (non-hydrogen) atoms. The van der Waals surface area contributed by atoms with Gasteiger partial charge in [0.1, 0.15) is 0 Å². The summed E-state index contributed by atoms with van der Waals surface area (Å²) in [5, 5.41) is 16.6. The fourth-order valence-corrected chi connectivity index (χ4v) is 4.25. The van der Waals surface area contributed by atoms with Crippen LogP contribution in [0.15, 0.2) is 24.3 Å². The van der Waals surface area contributed by atoms with Gasteiger partial charge in [0.05, 0.1) is 12.1 Å². The number of amides is 2. The lowest BCUT2D eigenvalue weighted by Gasteiger charge is -2.29. The third-order valence-corrected chi connectivity index (χ3v) is 5.63. The topological polar surface area (TPSA) is 61.4 Å². The number of carbonyl (C=O) groups excluding carboxylic acids is 1. The van der Waals surface area contributed by atoms with Gasteiger partial charge in [0, 0.05) is 11.1 Å². The average molecular weight is 351 g/mol. The molecular formula is C19H27ClN2O2. The van der Waals surface area contributed by atoms with E-state index in [-0.39, 0.29) is 24.2 Å². The largest absolute Gasteiger partial charge is 0.393 e. The monoisotopic (exact) mass is 350 g/mol. The van der Waals surface area contributed by atoms with E-state index < -0.39 is 0 Å². The maximum atomic E-state index is 12.5. The van der Waals surface area contributed by atoms with E-state index in [0.717, 1.165) is 44.1 Å². The van der Waals surface area contributed by atoms with Gasteiger partial charge in [-0.3, -0.25) is 0 Å². The van der Waals surface area contributed by atoms with Gasteiger partial charge in [0.15, 0.2) is 0 Å². The van der Waals surface area contributed by atoms with Crippen LogP contribution in [0.3, 0.4) is 0 Å². The Balaban J connectivity index is 1.64. The second-order valence-corrected chi connectivity index (χ2v) is 7.64. The first-order valence-corrected chi connectivity index (χ1v) is 9.50. The Morgan fingerprint density at radius 1 is 1.12 bits per heavy atom. The Hall–Kier alpha value is -1.26. The standard InChI is InChI=1S/C19H27ClN2O2/c20-15-7-3-6-14(12-15)18(13-4-1-2-5-13)22-19(24)21-16-8-10-17(23)11-9-16/h3,6-7,12-13,16-18,23H,1-2,4-5,8-11H2,(H2,21,22,24). The molecule has 1 unspecified atom stereocenters. The molecular weight excluding hydrogens is 324 g/mol. The van der Waals surface area contributed by atoms with E-state index >= 15 is 0 Å². The van der Waals surface area contributed by atoms with Gasteiger partial charge in [0.2, 0.25) is 0 Å². The Morgan fingerprint density at radius 3 is 2.50 bits per heavy atom. The molecule has 132 valence electrons. The Bertz CT molecular complexity index is 552. The van der Waals surface area contributed by atoms with Gasteiger partial charge in [-0.15, -0.1) is 0 Å². The van der Waals surface area contributed by atoms with Crippen molar-refractivity contribution in [2.75, 3.05) is 0 Å². The van der Waals surface area contributed by atoms with Crippen LogP contribution in [0.5, 0.6) is 0 Å². The number of hydrogen-bond donors (Lipinski definition) is 3. The van der Waals surface area contributed by atoms with Crippen LogP contribution in [0.1, 0.15) is 63.0 Å². The molecule has 0 saturated heterocycles. The van der Waals surface area contributed by atoms with E-state index in [9.17, 15) is 9.90 Å². The molecule has 2 amide bonds. The number of nitrogens with one attached hydrogen (secondary N) is 2. The summed E-state index contributed by atoms with van der Waals surface area (Å²) < 4.78 is 0. The number of aliphatic hydroxyl groups excluding tert-OH is 1. The second-order valence-electron chi connectivity index (χ2n) is 7.20. The zero-order valence-electron chi connectivity index (χ0n) is 14.0. The SMILES string of the molecule is O=C(NC1CCC(O)CC1)NC(c1cccc(Cl)c1)C1CCCC1. The predicted molar refractivity (Wildman–Crippen MR) is 96.1 cm³/mol. The first-order chi connectivity index (χ1) is 11.6. The number of benzene rings is 1. The molecule has 5 heteroatoms. The summed E-state index contributed by atoms with van der Waals surface area (Å²) in [4.78, 5) is 12.5. The van der Waals surface area contributed by atoms with Gasteiger partial charge in [-0.1, -0.05) is 36.6 Å². The van der Waals surface area contributed by atoms with Crippen molar-refractivity contribution in [3.8, 4) is 0 Å². The van der Waals surface area contributed by atoms with Crippen LogP contribution in [0, 0.1) is 5.92 Å². The highest BCUT2D eigenvalue weighted by atomic mass is 35.5. The predicted octanol–water partition coefficient (Wildman–Crippen LogP) is 4.17. The van der Waals surface area contributed by atoms with Crippen molar-refractivity contribution in [3.05, 3.63) is 34.9 Å². The van der Waals surface area contributed by atoms with E-state index in [2.05, 4.69) is 10.6 Å². The van der Waals surface area contributed by atoms with Gasteiger partial charge >= 0.3 is 6.03 Å². The van der Waals surface area contributed by atoms with Gasteiger partial charge in [-0.05, 0) is 62.1 Å². The zero-order chi connectivity index (χ0) is 16.9. The van der Waals surface area contributed by atoms with Crippen molar-refractivity contribution in [3.63, 3.8) is 0 Å². The van der Waals surface area contributed by atoms with E-state index in [1.165, 1.54) is 12.8 Å². The number of aliphatic hydroxyl groups is 1. The van der Waals surface area contributed by atoms with Crippen molar-refractivity contribution in [1.29, 1.82) is 0 Å². The number of urea groups is 1. The van der Waals surface area contributed by atoms with Crippen molar-refractivity contribution < 1.29 is 9.90 Å². The average Bonchev–Trinajstić information content (AvgIpc) is 3.09. The summed E-state index contributed by atoms with van der Waals surface area (Å²) >= 11 is 6.15. The number of carbonyl (C=O) groups is 1. The molecule has 2 aliphatic carbocycles. The van der Waals surface area contributed by atoms with Crippen LogP contribution < -0.4 is 10.6 Å². The van der Waals surface area contributed by atoms with E-state index in [1.54, 1.807) is 0 Å². The van der Waals surface area contributed by atoms with E-state index in [1.807, 2.05) is 24.3 Å². The Labute approximate surface area is 149 Å². The minimum atomic E-state index is -0.205. The highest BCUT2D eigenvalue weighted by molar-refractivity contribution is 6.30. The molecule has 0 spiro atoms. The molecule has 1 atom stereocenters. The molecule has 2 fully saturated rings. The lowest BCUT2D eigenvalue weighted by molar-refractivity contribution is 0.117. The first-order valence-electron chi connectivity index (χ1n) is 9.12. The molecule has 1 aromatic carbocycles. The lowest BCUT2D eigenvalue weighted by atomic mass is 9.91. The molecule has 0 radical (unpaired) electrons. The molecule has 1 aromatic rings. The highest BCUT2D eigenvalue weighted by Crippen LogP contribution is 2.36. The van der Waals surface area contributed by atoms with Crippen LogP contribution >= 0.6 is 11.6 Å². The van der Waals surface area contributed by atoms with E-state index in [0.29, 0.717) is 10.9 Å². The maximum absolute atomic E-state index is 12.5. The third-order valence-electron chi connectivity index (χ3n) is 5.40. The lowest BCUT2D eigenvalue weighted by Crippen LogP contribution is -2.46. The van der Waals surface area contributed by atoms with Crippen molar-refractivity contribution >= 4 is 17.6 Å². The molecule has 2 aliphatic rings. The van der Waals surface area contributed by atoms with Gasteiger partial charge in [0.25, 0.3) is 0 Å². The minimum Gasteiger partial charge on any atom is -0.393 e. The Kier molecular flexibility index (Phi) is 6.01. The fraction of sp³-hybridized carbons (Fsp3) is 0.632. The molecule has 0 aliphatic heterocycles. The van der Waals surface area contributed by atoms with Crippen LogP contribution in [-0.4, -0.2) is 23.3 Å². The number of hydrogen-bond acceptors (Lipinski definition) is 2. The zero-order valence-corrected chi connectivity index (χ0v) is 14.8. The van der Waals surface area contributed by atoms with E-state index in [4.69, 9.17) is 11.6 Å². The molecule has 0 bridgehead atoms. The maximum Gasteiger partial charge on any atom is 0.315 e. The van der Waals surface area contributed by atoms with Crippen LogP contribution in [0.4, 0.5) is 4.79 Å². The summed E-state index contributed by atoms with van der Waals surface area (Å²) in [6.45, 7) is 0. The highest BCUT2D eigenvalue weighted by Gasteiger charge is 2.29. The van der Waals surface area contributed by atoms with Crippen LogP contribution in [0.2, 0.25) is 5.02 Å². The summed E-state index contributed by atoms with van der Waals surface area (Å²) in [6.07, 6.45) is 7.77. The molecule has 0 aromatic heterocycles. The van der Waals surface area contributed by atoms with Crippen molar-refractivity contribution in [2.45, 2.75) is 69.6 Å². The molecule has 3 N–H and O–H groups in total. The molecule has 3 rings (SSSR count). The minimum absolute atomic E-state index is 0.0142. The molecule has 0 heterocycles. The van der Waals surface area contributed by atoms with Crippen LogP contribution in [-0.2, 0) is 0 Å². The van der Waals surface area contributed by atoms with Crippen molar-refractivity contribution in [2.24, 2.45) is 5.92 Å². The van der Waals surface area contributed by atoms with Gasteiger partial charge in [-0.2, -0.15) is 0 Å².